The van der Waals surface area contributed by atoms with E-state index in [-0.39, 0.29) is 17.7 Å². The number of ether oxygens (including phenoxy) is 2. The van der Waals surface area contributed by atoms with E-state index in [0.29, 0.717) is 6.61 Å². The average molecular weight is 228 g/mol. The molecule has 0 aromatic rings. The Morgan fingerprint density at radius 2 is 2.19 bits per heavy atom. The van der Waals surface area contributed by atoms with Crippen LogP contribution in [0.5, 0.6) is 0 Å². The molecule has 16 heavy (non-hydrogen) atoms. The zero-order valence-corrected chi connectivity index (χ0v) is 10.1. The highest BCUT2D eigenvalue weighted by molar-refractivity contribution is 5.68. The lowest BCUT2D eigenvalue weighted by Gasteiger charge is -2.28. The van der Waals surface area contributed by atoms with Crippen molar-refractivity contribution in [1.29, 1.82) is 0 Å². The normalized spacial score (nSPS) is 37.5. The van der Waals surface area contributed by atoms with Crippen LogP contribution < -0.4 is 11.1 Å². The minimum atomic E-state index is -0.469. The zero-order valence-electron chi connectivity index (χ0n) is 10.1. The molecule has 5 heteroatoms. The second-order valence-electron chi connectivity index (χ2n) is 5.87. The molecule has 1 heterocycles. The van der Waals surface area contributed by atoms with Crippen LogP contribution in [-0.4, -0.2) is 36.0 Å². The summed E-state index contributed by atoms with van der Waals surface area (Å²) in [6.45, 7) is 6.13. The van der Waals surface area contributed by atoms with Gasteiger partial charge in [-0.05, 0) is 33.6 Å². The largest absolute Gasteiger partial charge is 0.444 e. The van der Waals surface area contributed by atoms with E-state index >= 15 is 0 Å². The van der Waals surface area contributed by atoms with Gasteiger partial charge in [0.1, 0.15) is 5.60 Å². The maximum absolute atomic E-state index is 11.6. The van der Waals surface area contributed by atoms with Crippen molar-refractivity contribution in [2.24, 2.45) is 5.73 Å². The molecule has 0 radical (unpaired) electrons. The first-order valence-electron chi connectivity index (χ1n) is 5.67. The van der Waals surface area contributed by atoms with Gasteiger partial charge in [0.05, 0.1) is 18.8 Å². The van der Waals surface area contributed by atoms with Crippen LogP contribution in [0.25, 0.3) is 0 Å². The molecule has 0 aromatic heterocycles. The molecular weight excluding hydrogens is 208 g/mol. The zero-order chi connectivity index (χ0) is 12.0. The van der Waals surface area contributed by atoms with E-state index < -0.39 is 11.7 Å². The lowest BCUT2D eigenvalue weighted by Crippen LogP contribution is -2.49. The Kier molecular flexibility index (Phi) is 2.62. The van der Waals surface area contributed by atoms with Crippen molar-refractivity contribution >= 4 is 6.09 Å². The lowest BCUT2D eigenvalue weighted by atomic mass is 10.0. The van der Waals surface area contributed by atoms with E-state index in [1.807, 2.05) is 20.8 Å². The number of hydrogen-bond acceptors (Lipinski definition) is 4. The van der Waals surface area contributed by atoms with Crippen LogP contribution >= 0.6 is 0 Å². The first-order valence-corrected chi connectivity index (χ1v) is 5.67. The number of carbonyl (C=O) groups is 1. The van der Waals surface area contributed by atoms with E-state index in [1.165, 1.54) is 0 Å². The summed E-state index contributed by atoms with van der Waals surface area (Å²) in [7, 11) is 0. The maximum atomic E-state index is 11.6. The number of nitrogens with two attached hydrogens (primary N) is 1. The van der Waals surface area contributed by atoms with E-state index in [4.69, 9.17) is 15.2 Å². The van der Waals surface area contributed by atoms with Crippen LogP contribution in [0.4, 0.5) is 4.79 Å². The van der Waals surface area contributed by atoms with Gasteiger partial charge >= 0.3 is 6.09 Å². The third-order valence-corrected chi connectivity index (χ3v) is 2.97. The van der Waals surface area contributed by atoms with Crippen molar-refractivity contribution in [3.8, 4) is 0 Å². The standard InChI is InChI=1S/C11H20N2O3/c1-10(2,3)16-9(14)13-7-4-11(12)5-8(7)15-6-11/h7-8H,4-6,12H2,1-3H3,(H,13,14)/t7-,8-,11+/m1/s1. The SMILES string of the molecule is CC(C)(C)OC(=O)N[C@@H]1C[C@@]2(N)CO[C@@H]1C2. The number of alkyl carbamates (subject to hydrolysis) is 1. The quantitative estimate of drug-likeness (QED) is 0.695. The predicted molar refractivity (Wildman–Crippen MR) is 59.1 cm³/mol. The molecule has 2 rings (SSSR count). The van der Waals surface area contributed by atoms with Crippen LogP contribution in [0, 0.1) is 0 Å². The molecule has 1 aliphatic heterocycles. The molecule has 1 aliphatic carbocycles. The number of nitrogens with one attached hydrogen (secondary N) is 1. The molecule has 2 aliphatic rings. The fraction of sp³-hybridized carbons (Fsp3) is 0.909. The van der Waals surface area contributed by atoms with Gasteiger partial charge in [-0.2, -0.15) is 0 Å². The number of fused-ring (bicyclic) bond motifs is 2. The highest BCUT2D eigenvalue weighted by Gasteiger charge is 2.50. The van der Waals surface area contributed by atoms with Crippen LogP contribution in [0.3, 0.4) is 0 Å². The Labute approximate surface area is 95.7 Å². The minimum absolute atomic E-state index is 0.00593. The van der Waals surface area contributed by atoms with Crippen molar-refractivity contribution in [2.45, 2.75) is 56.9 Å². The maximum Gasteiger partial charge on any atom is 0.407 e. The average Bonchev–Trinajstić information content (AvgIpc) is 2.54. The summed E-state index contributed by atoms with van der Waals surface area (Å²) in [6, 6.07) is -0.00593. The van der Waals surface area contributed by atoms with Gasteiger partial charge in [-0.25, -0.2) is 4.79 Å². The molecule has 2 fully saturated rings. The van der Waals surface area contributed by atoms with Gasteiger partial charge in [0.25, 0.3) is 0 Å². The van der Waals surface area contributed by atoms with Crippen molar-refractivity contribution in [3.05, 3.63) is 0 Å². The molecule has 3 atom stereocenters. The molecule has 1 saturated carbocycles. The van der Waals surface area contributed by atoms with Gasteiger partial charge in [-0.15, -0.1) is 0 Å². The van der Waals surface area contributed by atoms with Crippen molar-refractivity contribution < 1.29 is 14.3 Å². The Hall–Kier alpha value is -0.810. The lowest BCUT2D eigenvalue weighted by molar-refractivity contribution is 0.0241. The monoisotopic (exact) mass is 228 g/mol. The topological polar surface area (TPSA) is 73.6 Å². The molecule has 5 nitrogen and oxygen atoms in total. The van der Waals surface area contributed by atoms with Crippen LogP contribution in [-0.2, 0) is 9.47 Å². The summed E-state index contributed by atoms with van der Waals surface area (Å²) < 4.78 is 10.7. The summed E-state index contributed by atoms with van der Waals surface area (Å²) in [6.07, 6.45) is 1.26. The Bertz CT molecular complexity index is 300. The van der Waals surface area contributed by atoms with Crippen LogP contribution in [0.1, 0.15) is 33.6 Å². The summed E-state index contributed by atoms with van der Waals surface area (Å²) >= 11 is 0. The molecular formula is C11H20N2O3. The molecule has 3 N–H and O–H groups in total. The first kappa shape index (κ1) is 11.7. The number of amides is 1. The Morgan fingerprint density at radius 1 is 1.50 bits per heavy atom. The van der Waals surface area contributed by atoms with Crippen LogP contribution in [0.15, 0.2) is 0 Å². The second-order valence-corrected chi connectivity index (χ2v) is 5.87. The van der Waals surface area contributed by atoms with Gasteiger partial charge in [-0.1, -0.05) is 0 Å². The first-order chi connectivity index (χ1) is 7.27. The molecule has 0 unspecified atom stereocenters. The van der Waals surface area contributed by atoms with Gasteiger partial charge in [0.15, 0.2) is 0 Å². The third kappa shape index (κ3) is 2.47. The molecule has 1 amide bonds. The van der Waals surface area contributed by atoms with E-state index in [2.05, 4.69) is 5.32 Å². The van der Waals surface area contributed by atoms with Crippen molar-refractivity contribution in [1.82, 2.24) is 5.32 Å². The molecule has 1 saturated heterocycles. The minimum Gasteiger partial charge on any atom is -0.444 e. The predicted octanol–water partition coefficient (Wildman–Crippen LogP) is 0.770. The van der Waals surface area contributed by atoms with Gasteiger partial charge < -0.3 is 20.5 Å². The molecule has 0 spiro atoms. The van der Waals surface area contributed by atoms with Crippen molar-refractivity contribution in [3.63, 3.8) is 0 Å². The van der Waals surface area contributed by atoms with E-state index in [1.54, 1.807) is 0 Å². The highest BCUT2D eigenvalue weighted by atomic mass is 16.6. The fourth-order valence-corrected chi connectivity index (χ4v) is 2.36. The highest BCUT2D eigenvalue weighted by Crippen LogP contribution is 2.37. The smallest absolute Gasteiger partial charge is 0.407 e. The van der Waals surface area contributed by atoms with Crippen molar-refractivity contribution in [2.75, 3.05) is 6.61 Å². The number of hydrogen-bond donors (Lipinski definition) is 2. The third-order valence-electron chi connectivity index (χ3n) is 2.97. The summed E-state index contributed by atoms with van der Waals surface area (Å²) in [4.78, 5) is 11.6. The Morgan fingerprint density at radius 3 is 2.62 bits per heavy atom. The number of rotatable bonds is 1. The van der Waals surface area contributed by atoms with E-state index in [9.17, 15) is 4.79 Å². The summed E-state index contributed by atoms with van der Waals surface area (Å²) in [5.74, 6) is 0. The van der Waals surface area contributed by atoms with E-state index in [0.717, 1.165) is 12.8 Å². The summed E-state index contributed by atoms with van der Waals surface area (Å²) in [5, 5.41) is 2.83. The number of carbonyl (C=O) groups excluding carboxylic acids is 1. The Balaban J connectivity index is 1.86. The fourth-order valence-electron chi connectivity index (χ4n) is 2.36. The van der Waals surface area contributed by atoms with Gasteiger partial charge in [0, 0.05) is 5.54 Å². The second kappa shape index (κ2) is 3.60. The molecule has 0 aromatic carbocycles. The van der Waals surface area contributed by atoms with Gasteiger partial charge in [0.2, 0.25) is 0 Å². The molecule has 92 valence electrons. The van der Waals surface area contributed by atoms with Crippen LogP contribution in [0.2, 0.25) is 0 Å². The summed E-state index contributed by atoms with van der Waals surface area (Å²) in [5.41, 5.74) is 5.36. The van der Waals surface area contributed by atoms with Gasteiger partial charge in [-0.3, -0.25) is 0 Å². The molecule has 2 bridgehead atoms.